The Kier molecular flexibility index (Phi) is 4.28. The zero-order valence-corrected chi connectivity index (χ0v) is 9.46. The molecule has 0 aliphatic heterocycles. The highest BCUT2D eigenvalue weighted by atomic mass is 19.1. The van der Waals surface area contributed by atoms with Gasteiger partial charge in [0.25, 0.3) is 0 Å². The fourth-order valence-electron chi connectivity index (χ4n) is 1.75. The standard InChI is InChI=1S/C13H19FO/c1-3-4-7-10-13(2,15)11-8-5-6-9-12(11)14/h5-6,8-9,15H,3-4,7,10H2,1-2H3. The predicted octanol–water partition coefficient (Wildman–Crippen LogP) is 3.61. The summed E-state index contributed by atoms with van der Waals surface area (Å²) in [4.78, 5) is 0. The van der Waals surface area contributed by atoms with Crippen LogP contribution in [0.1, 0.15) is 45.1 Å². The van der Waals surface area contributed by atoms with Crippen molar-refractivity contribution in [2.75, 3.05) is 0 Å². The van der Waals surface area contributed by atoms with Crippen molar-refractivity contribution in [2.45, 2.75) is 45.1 Å². The molecule has 0 aromatic heterocycles. The molecule has 1 rings (SSSR count). The highest BCUT2D eigenvalue weighted by Crippen LogP contribution is 2.28. The van der Waals surface area contributed by atoms with Gasteiger partial charge in [0.2, 0.25) is 0 Å². The van der Waals surface area contributed by atoms with Crippen LogP contribution in [0.5, 0.6) is 0 Å². The van der Waals surface area contributed by atoms with Gasteiger partial charge in [0, 0.05) is 5.56 Å². The summed E-state index contributed by atoms with van der Waals surface area (Å²) >= 11 is 0. The Labute approximate surface area is 90.9 Å². The van der Waals surface area contributed by atoms with Crippen LogP contribution in [0.2, 0.25) is 0 Å². The monoisotopic (exact) mass is 210 g/mol. The van der Waals surface area contributed by atoms with E-state index < -0.39 is 5.60 Å². The lowest BCUT2D eigenvalue weighted by Gasteiger charge is -2.24. The first-order valence-corrected chi connectivity index (χ1v) is 5.55. The molecule has 1 N–H and O–H groups in total. The highest BCUT2D eigenvalue weighted by Gasteiger charge is 2.25. The topological polar surface area (TPSA) is 20.2 Å². The van der Waals surface area contributed by atoms with Crippen LogP contribution in [0.25, 0.3) is 0 Å². The molecule has 0 aliphatic carbocycles. The Balaban J connectivity index is 2.72. The van der Waals surface area contributed by atoms with Gasteiger partial charge in [-0.3, -0.25) is 0 Å². The Morgan fingerprint density at radius 1 is 1.27 bits per heavy atom. The molecular weight excluding hydrogens is 191 g/mol. The van der Waals surface area contributed by atoms with E-state index in [1.165, 1.54) is 6.07 Å². The van der Waals surface area contributed by atoms with Crippen molar-refractivity contribution in [3.05, 3.63) is 35.6 Å². The number of rotatable bonds is 5. The highest BCUT2D eigenvalue weighted by molar-refractivity contribution is 5.23. The third-order valence-corrected chi connectivity index (χ3v) is 2.72. The first-order valence-electron chi connectivity index (χ1n) is 5.55. The van der Waals surface area contributed by atoms with Gasteiger partial charge in [-0.05, 0) is 19.4 Å². The lowest BCUT2D eigenvalue weighted by molar-refractivity contribution is 0.0413. The van der Waals surface area contributed by atoms with Gasteiger partial charge in [0.05, 0.1) is 5.60 Å². The molecule has 0 bridgehead atoms. The van der Waals surface area contributed by atoms with Crippen LogP contribution in [-0.2, 0) is 5.60 Å². The van der Waals surface area contributed by atoms with Gasteiger partial charge in [-0.25, -0.2) is 4.39 Å². The molecule has 1 aromatic rings. The Hall–Kier alpha value is -0.890. The van der Waals surface area contributed by atoms with Crippen molar-refractivity contribution < 1.29 is 9.50 Å². The van der Waals surface area contributed by atoms with E-state index in [9.17, 15) is 9.50 Å². The molecule has 0 fully saturated rings. The molecule has 0 aliphatic rings. The van der Waals surface area contributed by atoms with Crippen LogP contribution in [-0.4, -0.2) is 5.11 Å². The van der Waals surface area contributed by atoms with E-state index in [0.29, 0.717) is 12.0 Å². The van der Waals surface area contributed by atoms with E-state index >= 15 is 0 Å². The summed E-state index contributed by atoms with van der Waals surface area (Å²) in [5.74, 6) is -0.320. The fraction of sp³-hybridized carbons (Fsp3) is 0.538. The quantitative estimate of drug-likeness (QED) is 0.736. The maximum atomic E-state index is 13.4. The lowest BCUT2D eigenvalue weighted by atomic mass is 9.90. The van der Waals surface area contributed by atoms with Crippen LogP contribution >= 0.6 is 0 Å². The summed E-state index contributed by atoms with van der Waals surface area (Å²) in [5.41, 5.74) is -0.637. The maximum absolute atomic E-state index is 13.4. The van der Waals surface area contributed by atoms with Crippen LogP contribution in [0.3, 0.4) is 0 Å². The summed E-state index contributed by atoms with van der Waals surface area (Å²) in [6.45, 7) is 3.79. The molecule has 0 radical (unpaired) electrons. The van der Waals surface area contributed by atoms with Gasteiger partial charge in [0.15, 0.2) is 0 Å². The van der Waals surface area contributed by atoms with Gasteiger partial charge in [-0.2, -0.15) is 0 Å². The minimum atomic E-state index is -1.04. The third-order valence-electron chi connectivity index (χ3n) is 2.72. The van der Waals surface area contributed by atoms with Crippen LogP contribution in [0, 0.1) is 5.82 Å². The van der Waals surface area contributed by atoms with E-state index in [1.54, 1.807) is 25.1 Å². The minimum absolute atomic E-state index is 0.320. The average Bonchev–Trinajstić information content (AvgIpc) is 2.18. The van der Waals surface area contributed by atoms with Crippen molar-refractivity contribution in [3.63, 3.8) is 0 Å². The number of hydrogen-bond donors (Lipinski definition) is 1. The fourth-order valence-corrected chi connectivity index (χ4v) is 1.75. The third kappa shape index (κ3) is 3.31. The van der Waals surface area contributed by atoms with Gasteiger partial charge in [-0.15, -0.1) is 0 Å². The molecule has 0 saturated carbocycles. The molecule has 1 atom stereocenters. The zero-order chi connectivity index (χ0) is 11.3. The summed E-state index contributed by atoms with van der Waals surface area (Å²) in [7, 11) is 0. The number of benzene rings is 1. The minimum Gasteiger partial charge on any atom is -0.385 e. The van der Waals surface area contributed by atoms with Crippen molar-refractivity contribution >= 4 is 0 Å². The van der Waals surface area contributed by atoms with Gasteiger partial charge >= 0.3 is 0 Å². The van der Waals surface area contributed by atoms with Crippen LogP contribution < -0.4 is 0 Å². The predicted molar refractivity (Wildman–Crippen MR) is 60.1 cm³/mol. The SMILES string of the molecule is CCCCCC(C)(O)c1ccccc1F. The van der Waals surface area contributed by atoms with Gasteiger partial charge in [0.1, 0.15) is 5.82 Å². The zero-order valence-electron chi connectivity index (χ0n) is 9.46. The number of unbranched alkanes of at least 4 members (excludes halogenated alkanes) is 2. The lowest BCUT2D eigenvalue weighted by Crippen LogP contribution is -2.22. The molecule has 1 nitrogen and oxygen atoms in total. The smallest absolute Gasteiger partial charge is 0.129 e. The summed E-state index contributed by atoms with van der Waals surface area (Å²) in [5, 5.41) is 10.2. The van der Waals surface area contributed by atoms with Crippen LogP contribution in [0.4, 0.5) is 4.39 Å². The summed E-state index contributed by atoms with van der Waals surface area (Å²) in [6.07, 6.45) is 3.72. The number of hydrogen-bond acceptors (Lipinski definition) is 1. The maximum Gasteiger partial charge on any atom is 0.129 e. The van der Waals surface area contributed by atoms with Crippen LogP contribution in [0.15, 0.2) is 24.3 Å². The van der Waals surface area contributed by atoms with Gasteiger partial charge < -0.3 is 5.11 Å². The van der Waals surface area contributed by atoms with Crippen molar-refractivity contribution in [1.29, 1.82) is 0 Å². The molecule has 1 aromatic carbocycles. The number of halogens is 1. The van der Waals surface area contributed by atoms with Crippen molar-refractivity contribution in [3.8, 4) is 0 Å². The molecule has 2 heteroatoms. The first kappa shape index (κ1) is 12.2. The molecule has 0 spiro atoms. The average molecular weight is 210 g/mol. The van der Waals surface area contributed by atoms with E-state index in [1.807, 2.05) is 0 Å². The Bertz CT molecular complexity index is 307. The molecule has 84 valence electrons. The van der Waals surface area contributed by atoms with E-state index in [2.05, 4.69) is 6.92 Å². The summed E-state index contributed by atoms with van der Waals surface area (Å²) < 4.78 is 13.4. The molecule has 15 heavy (non-hydrogen) atoms. The number of aliphatic hydroxyl groups is 1. The Morgan fingerprint density at radius 3 is 2.53 bits per heavy atom. The van der Waals surface area contributed by atoms with E-state index in [4.69, 9.17) is 0 Å². The normalized spacial score (nSPS) is 14.9. The molecule has 1 unspecified atom stereocenters. The van der Waals surface area contributed by atoms with E-state index in [0.717, 1.165) is 19.3 Å². The first-order chi connectivity index (χ1) is 7.08. The van der Waals surface area contributed by atoms with E-state index in [-0.39, 0.29) is 5.82 Å². The second kappa shape index (κ2) is 5.26. The Morgan fingerprint density at radius 2 is 1.93 bits per heavy atom. The van der Waals surface area contributed by atoms with Crippen molar-refractivity contribution in [2.24, 2.45) is 0 Å². The second-order valence-electron chi connectivity index (χ2n) is 4.21. The largest absolute Gasteiger partial charge is 0.385 e. The molecule has 0 amide bonds. The van der Waals surface area contributed by atoms with Crippen molar-refractivity contribution in [1.82, 2.24) is 0 Å². The molecule has 0 heterocycles. The molecular formula is C13H19FO. The van der Waals surface area contributed by atoms with Gasteiger partial charge in [-0.1, -0.05) is 44.4 Å². The molecule has 0 saturated heterocycles. The summed E-state index contributed by atoms with van der Waals surface area (Å²) in [6, 6.07) is 6.44. The second-order valence-corrected chi connectivity index (χ2v) is 4.21.